The Labute approximate surface area is 126 Å². The topological polar surface area (TPSA) is 24.2 Å². The molecule has 0 atom stereocenters. The van der Waals surface area contributed by atoms with Crippen LogP contribution in [0.3, 0.4) is 0 Å². The molecule has 0 aliphatic carbocycles. The molecule has 0 aliphatic heterocycles. The first-order valence-electron chi connectivity index (χ1n) is 6.40. The van der Waals surface area contributed by atoms with Crippen molar-refractivity contribution in [2.45, 2.75) is 6.54 Å². The van der Waals surface area contributed by atoms with Crippen LogP contribution in [-0.4, -0.2) is 31.3 Å². The number of rotatable bonds is 5. The number of benzene rings is 1. The molecule has 106 valence electrons. The Morgan fingerprint density at radius 2 is 1.55 bits per heavy atom. The van der Waals surface area contributed by atoms with E-state index in [-0.39, 0.29) is 18.2 Å². The summed E-state index contributed by atoms with van der Waals surface area (Å²) in [5, 5.41) is 0. The van der Waals surface area contributed by atoms with E-state index in [1.165, 1.54) is 0 Å². The van der Waals surface area contributed by atoms with Crippen molar-refractivity contribution in [2.75, 3.05) is 20.6 Å². The first-order valence-corrected chi connectivity index (χ1v) is 6.40. The maximum atomic E-state index is 12.2. The Bertz CT molecular complexity index is 538. The van der Waals surface area contributed by atoms with Crippen LogP contribution in [0.4, 0.5) is 0 Å². The molecule has 0 amide bonds. The lowest BCUT2D eigenvalue weighted by Gasteiger charge is -2.06. The van der Waals surface area contributed by atoms with Gasteiger partial charge in [0.15, 0.2) is 24.7 Å². The average Bonchev–Trinajstić information content (AvgIpc) is 2.46. The van der Waals surface area contributed by atoms with Gasteiger partial charge < -0.3 is 17.3 Å². The van der Waals surface area contributed by atoms with E-state index in [4.69, 9.17) is 0 Å². The summed E-state index contributed by atoms with van der Waals surface area (Å²) in [6.45, 7) is 1.91. The lowest BCUT2D eigenvalue weighted by molar-refractivity contribution is -0.696. The van der Waals surface area contributed by atoms with Crippen LogP contribution in [0, 0.1) is 0 Å². The first-order chi connectivity index (χ1) is 9.16. The predicted octanol–water partition coefficient (Wildman–Crippen LogP) is -1.23. The molecule has 0 saturated carbocycles. The zero-order chi connectivity index (χ0) is 13.7. The molecule has 0 bridgehead atoms. The molecule has 3 nitrogen and oxygen atoms in total. The standard InChI is InChI=1S/C16H19N2O.ClH/c1-17(2)12-13-18-10-8-15(9-11-18)16(19)14-6-4-3-5-7-14;/h3-11H,12-13H2,1-2H3;1H/q+1;/p-1. The van der Waals surface area contributed by atoms with Gasteiger partial charge in [-0.3, -0.25) is 4.79 Å². The highest BCUT2D eigenvalue weighted by atomic mass is 35.5. The van der Waals surface area contributed by atoms with E-state index in [1.54, 1.807) is 0 Å². The fourth-order valence-electron chi connectivity index (χ4n) is 1.83. The number of aromatic nitrogens is 1. The summed E-state index contributed by atoms with van der Waals surface area (Å²) in [5.41, 5.74) is 1.46. The van der Waals surface area contributed by atoms with Crippen molar-refractivity contribution in [3.8, 4) is 0 Å². The number of hydrogen-bond acceptors (Lipinski definition) is 2. The van der Waals surface area contributed by atoms with Gasteiger partial charge in [0.25, 0.3) is 0 Å². The second-order valence-electron chi connectivity index (χ2n) is 4.82. The number of hydrogen-bond donors (Lipinski definition) is 0. The molecule has 1 aromatic heterocycles. The summed E-state index contributed by atoms with van der Waals surface area (Å²) >= 11 is 0. The Morgan fingerprint density at radius 3 is 2.10 bits per heavy atom. The minimum atomic E-state index is 0. The summed E-state index contributed by atoms with van der Waals surface area (Å²) in [4.78, 5) is 14.3. The van der Waals surface area contributed by atoms with Crippen molar-refractivity contribution >= 4 is 5.78 Å². The zero-order valence-corrected chi connectivity index (χ0v) is 12.5. The van der Waals surface area contributed by atoms with Crippen molar-refractivity contribution < 1.29 is 21.8 Å². The van der Waals surface area contributed by atoms with Gasteiger partial charge in [0.1, 0.15) is 0 Å². The van der Waals surface area contributed by atoms with E-state index in [0.717, 1.165) is 24.2 Å². The number of carbonyl (C=O) groups excluding carboxylic acids is 1. The molecule has 4 heteroatoms. The molecule has 0 saturated heterocycles. The van der Waals surface area contributed by atoms with Gasteiger partial charge >= 0.3 is 0 Å². The zero-order valence-electron chi connectivity index (χ0n) is 11.8. The number of carbonyl (C=O) groups is 1. The largest absolute Gasteiger partial charge is 1.00 e. The van der Waals surface area contributed by atoms with E-state index in [2.05, 4.69) is 9.47 Å². The van der Waals surface area contributed by atoms with Crippen LogP contribution in [0.25, 0.3) is 0 Å². The van der Waals surface area contributed by atoms with Crippen molar-refractivity contribution in [3.05, 3.63) is 66.0 Å². The fourth-order valence-corrected chi connectivity index (χ4v) is 1.83. The summed E-state index contributed by atoms with van der Waals surface area (Å²) in [5.74, 6) is 0.0698. The van der Waals surface area contributed by atoms with Crippen LogP contribution in [-0.2, 0) is 6.54 Å². The number of nitrogens with zero attached hydrogens (tertiary/aromatic N) is 2. The Morgan fingerprint density at radius 1 is 1.00 bits per heavy atom. The Kier molecular flexibility index (Phi) is 6.36. The van der Waals surface area contributed by atoms with Gasteiger partial charge in [0.05, 0.1) is 6.54 Å². The predicted molar refractivity (Wildman–Crippen MR) is 75.1 cm³/mol. The number of ketones is 1. The molecule has 0 spiro atoms. The van der Waals surface area contributed by atoms with Gasteiger partial charge in [-0.15, -0.1) is 0 Å². The Hall–Kier alpha value is -1.71. The third kappa shape index (κ3) is 4.44. The minimum absolute atomic E-state index is 0. The Balaban J connectivity index is 0.00000200. The van der Waals surface area contributed by atoms with Gasteiger partial charge in [0, 0.05) is 23.3 Å². The molecule has 0 radical (unpaired) electrons. The second kappa shape index (κ2) is 7.78. The van der Waals surface area contributed by atoms with Crippen molar-refractivity contribution in [1.29, 1.82) is 0 Å². The highest BCUT2D eigenvalue weighted by molar-refractivity contribution is 6.08. The highest BCUT2D eigenvalue weighted by Crippen LogP contribution is 2.07. The summed E-state index contributed by atoms with van der Waals surface area (Å²) in [6, 6.07) is 13.1. The molecule has 20 heavy (non-hydrogen) atoms. The monoisotopic (exact) mass is 290 g/mol. The quantitative estimate of drug-likeness (QED) is 0.509. The molecular formula is C16H19ClN2O. The molecule has 0 fully saturated rings. The molecule has 0 aliphatic rings. The molecule has 1 heterocycles. The van der Waals surface area contributed by atoms with Gasteiger partial charge in [-0.1, -0.05) is 30.3 Å². The fraction of sp³-hybridized carbons (Fsp3) is 0.250. The molecule has 1 aromatic carbocycles. The van der Waals surface area contributed by atoms with E-state index >= 15 is 0 Å². The van der Waals surface area contributed by atoms with Crippen LogP contribution in [0.2, 0.25) is 0 Å². The van der Waals surface area contributed by atoms with E-state index in [9.17, 15) is 4.79 Å². The average molecular weight is 291 g/mol. The third-order valence-corrected chi connectivity index (χ3v) is 2.99. The summed E-state index contributed by atoms with van der Waals surface area (Å²) in [7, 11) is 4.10. The van der Waals surface area contributed by atoms with E-state index in [1.807, 2.05) is 69.0 Å². The SMILES string of the molecule is CN(C)CC[n+]1ccc(C(=O)c2ccccc2)cc1.[Cl-]. The van der Waals surface area contributed by atoms with Crippen LogP contribution in [0.1, 0.15) is 15.9 Å². The van der Waals surface area contributed by atoms with Gasteiger partial charge in [-0.2, -0.15) is 0 Å². The molecule has 0 unspecified atom stereocenters. The summed E-state index contributed by atoms with van der Waals surface area (Å²) < 4.78 is 2.09. The molecule has 0 N–H and O–H groups in total. The molecule has 2 rings (SSSR count). The maximum Gasteiger partial charge on any atom is 0.193 e. The van der Waals surface area contributed by atoms with Crippen molar-refractivity contribution in [1.82, 2.24) is 4.90 Å². The smallest absolute Gasteiger partial charge is 0.193 e. The number of halogens is 1. The van der Waals surface area contributed by atoms with Crippen molar-refractivity contribution in [2.24, 2.45) is 0 Å². The third-order valence-electron chi connectivity index (χ3n) is 2.99. The summed E-state index contributed by atoms with van der Waals surface area (Å²) in [6.07, 6.45) is 3.92. The van der Waals surface area contributed by atoms with Gasteiger partial charge in [-0.05, 0) is 14.1 Å². The van der Waals surface area contributed by atoms with Gasteiger partial charge in [-0.25, -0.2) is 4.57 Å². The minimum Gasteiger partial charge on any atom is -1.00 e. The van der Waals surface area contributed by atoms with E-state index < -0.39 is 0 Å². The lowest BCUT2D eigenvalue weighted by Crippen LogP contribution is -3.00. The van der Waals surface area contributed by atoms with Crippen molar-refractivity contribution in [3.63, 3.8) is 0 Å². The number of likely N-dealkylation sites (N-methyl/N-ethyl adjacent to an activating group) is 1. The highest BCUT2D eigenvalue weighted by Gasteiger charge is 2.10. The number of pyridine rings is 1. The van der Waals surface area contributed by atoms with Crippen LogP contribution in [0.5, 0.6) is 0 Å². The van der Waals surface area contributed by atoms with Crippen LogP contribution < -0.4 is 17.0 Å². The lowest BCUT2D eigenvalue weighted by atomic mass is 10.0. The second-order valence-corrected chi connectivity index (χ2v) is 4.82. The molecule has 2 aromatic rings. The van der Waals surface area contributed by atoms with Crippen LogP contribution in [0.15, 0.2) is 54.9 Å². The molecular weight excluding hydrogens is 272 g/mol. The normalized spacial score (nSPS) is 10.2. The van der Waals surface area contributed by atoms with E-state index in [0.29, 0.717) is 0 Å². The van der Waals surface area contributed by atoms with Gasteiger partial charge in [0.2, 0.25) is 0 Å². The maximum absolute atomic E-state index is 12.2. The first kappa shape index (κ1) is 16.3. The van der Waals surface area contributed by atoms with Crippen LogP contribution >= 0.6 is 0 Å².